The van der Waals surface area contributed by atoms with Crippen LogP contribution in [0.1, 0.15) is 30.9 Å². The summed E-state index contributed by atoms with van der Waals surface area (Å²) in [7, 11) is 0. The van der Waals surface area contributed by atoms with Crippen LogP contribution in [-0.2, 0) is 4.79 Å². The van der Waals surface area contributed by atoms with Gasteiger partial charge in [-0.15, -0.1) is 10.2 Å². The predicted molar refractivity (Wildman–Crippen MR) is 121 cm³/mol. The van der Waals surface area contributed by atoms with E-state index in [9.17, 15) is 4.79 Å². The summed E-state index contributed by atoms with van der Waals surface area (Å²) >= 11 is 1.38. The lowest BCUT2D eigenvalue weighted by Crippen LogP contribution is -2.34. The number of nitrogens with zero attached hydrogens (tertiary/aromatic N) is 4. The van der Waals surface area contributed by atoms with E-state index in [1.165, 1.54) is 22.9 Å². The smallest absolute Gasteiger partial charge is 0.235 e. The molecule has 1 aliphatic heterocycles. The molecule has 0 bridgehead atoms. The van der Waals surface area contributed by atoms with Crippen molar-refractivity contribution < 1.29 is 4.79 Å². The first-order valence-corrected chi connectivity index (χ1v) is 11.2. The average Bonchev–Trinajstić information content (AvgIpc) is 3.29. The van der Waals surface area contributed by atoms with Crippen molar-refractivity contribution in [2.75, 3.05) is 13.1 Å². The van der Waals surface area contributed by atoms with E-state index in [-0.39, 0.29) is 11.2 Å². The second-order valence-electron chi connectivity index (χ2n) is 7.82. The highest BCUT2D eigenvalue weighted by molar-refractivity contribution is 8.00. The molecule has 30 heavy (non-hydrogen) atoms. The fourth-order valence-electron chi connectivity index (χ4n) is 3.58. The van der Waals surface area contributed by atoms with Gasteiger partial charge in [-0.2, -0.15) is 0 Å². The van der Waals surface area contributed by atoms with Gasteiger partial charge in [-0.25, -0.2) is 4.98 Å². The van der Waals surface area contributed by atoms with Crippen molar-refractivity contribution in [2.24, 2.45) is 0 Å². The lowest BCUT2D eigenvalue weighted by molar-refractivity contribution is -0.129. The molecule has 1 unspecified atom stereocenters. The standard InChI is InChI=1S/C24H26N4OS/c1-16-6-10-19(11-7-16)21-22(20-12-8-17(2)9-13-20)26-27-24(25-21)30-18(3)23(29)28-14-4-5-15-28/h6-13,18H,4-5,14-15H2,1-3H3. The number of hydrogen-bond acceptors (Lipinski definition) is 5. The Morgan fingerprint density at radius 1 is 0.867 bits per heavy atom. The highest BCUT2D eigenvalue weighted by Crippen LogP contribution is 2.31. The van der Waals surface area contributed by atoms with Crippen molar-refractivity contribution in [3.63, 3.8) is 0 Å². The molecule has 0 saturated carbocycles. The monoisotopic (exact) mass is 418 g/mol. The molecule has 154 valence electrons. The van der Waals surface area contributed by atoms with Crippen LogP contribution in [0.3, 0.4) is 0 Å². The second-order valence-corrected chi connectivity index (χ2v) is 9.12. The van der Waals surface area contributed by atoms with E-state index in [1.54, 1.807) is 0 Å². The van der Waals surface area contributed by atoms with Crippen molar-refractivity contribution in [1.29, 1.82) is 0 Å². The zero-order valence-electron chi connectivity index (χ0n) is 17.6. The van der Waals surface area contributed by atoms with Crippen molar-refractivity contribution >= 4 is 17.7 Å². The lowest BCUT2D eigenvalue weighted by Gasteiger charge is -2.19. The molecular weight excluding hydrogens is 392 g/mol. The maximum Gasteiger partial charge on any atom is 0.235 e. The van der Waals surface area contributed by atoms with Gasteiger partial charge in [-0.3, -0.25) is 4.79 Å². The number of hydrogen-bond donors (Lipinski definition) is 0. The topological polar surface area (TPSA) is 59.0 Å². The maximum atomic E-state index is 12.7. The molecule has 0 spiro atoms. The number of benzene rings is 2. The Hall–Kier alpha value is -2.73. The Bertz CT molecular complexity index is 1030. The van der Waals surface area contributed by atoms with E-state index in [1.807, 2.05) is 24.0 Å². The molecule has 2 heterocycles. The van der Waals surface area contributed by atoms with Gasteiger partial charge in [0.15, 0.2) is 0 Å². The van der Waals surface area contributed by atoms with Gasteiger partial charge in [-0.1, -0.05) is 71.4 Å². The van der Waals surface area contributed by atoms with E-state index < -0.39 is 0 Å². The van der Waals surface area contributed by atoms with E-state index in [2.05, 4.69) is 60.4 Å². The van der Waals surface area contributed by atoms with E-state index >= 15 is 0 Å². The fraction of sp³-hybridized carbons (Fsp3) is 0.333. The summed E-state index contributed by atoms with van der Waals surface area (Å²) in [5.41, 5.74) is 5.90. The molecule has 4 rings (SSSR count). The van der Waals surface area contributed by atoms with Crippen LogP contribution >= 0.6 is 11.8 Å². The number of carbonyl (C=O) groups excluding carboxylic acids is 1. The molecule has 2 aromatic carbocycles. The summed E-state index contributed by atoms with van der Waals surface area (Å²) in [5, 5.41) is 9.18. The highest BCUT2D eigenvalue weighted by atomic mass is 32.2. The number of amides is 1. The normalized spacial score (nSPS) is 14.7. The van der Waals surface area contributed by atoms with Crippen molar-refractivity contribution in [3.05, 3.63) is 59.7 Å². The lowest BCUT2D eigenvalue weighted by atomic mass is 10.0. The first-order chi connectivity index (χ1) is 14.5. The molecule has 0 aliphatic carbocycles. The van der Waals surface area contributed by atoms with Crippen LogP contribution in [0, 0.1) is 13.8 Å². The minimum absolute atomic E-state index is 0.153. The van der Waals surface area contributed by atoms with Crippen molar-refractivity contribution in [1.82, 2.24) is 20.1 Å². The summed E-state index contributed by atoms with van der Waals surface area (Å²) < 4.78 is 0. The van der Waals surface area contributed by atoms with Crippen LogP contribution in [-0.4, -0.2) is 44.3 Å². The SMILES string of the molecule is Cc1ccc(-c2nnc(SC(C)C(=O)N3CCCC3)nc2-c2ccc(C)cc2)cc1. The van der Waals surface area contributed by atoms with Gasteiger partial charge >= 0.3 is 0 Å². The Kier molecular flexibility index (Phi) is 6.13. The first-order valence-electron chi connectivity index (χ1n) is 10.4. The minimum atomic E-state index is -0.235. The summed E-state index contributed by atoms with van der Waals surface area (Å²) in [6.07, 6.45) is 2.17. The van der Waals surface area contributed by atoms with Crippen LogP contribution in [0.2, 0.25) is 0 Å². The molecule has 1 amide bonds. The number of thioether (sulfide) groups is 1. The van der Waals surface area contributed by atoms with Gasteiger partial charge in [0, 0.05) is 24.2 Å². The Labute approximate surface area is 181 Å². The molecule has 1 fully saturated rings. The van der Waals surface area contributed by atoms with Crippen LogP contribution in [0.5, 0.6) is 0 Å². The predicted octanol–water partition coefficient (Wildman–Crippen LogP) is 4.93. The number of aryl methyl sites for hydroxylation is 2. The van der Waals surface area contributed by atoms with Crippen molar-refractivity contribution in [3.8, 4) is 22.5 Å². The number of aromatic nitrogens is 3. The first kappa shape index (κ1) is 20.5. The summed E-state index contributed by atoms with van der Waals surface area (Å²) in [4.78, 5) is 19.5. The van der Waals surface area contributed by atoms with Crippen LogP contribution in [0.15, 0.2) is 53.7 Å². The van der Waals surface area contributed by atoms with Gasteiger partial charge in [0.25, 0.3) is 0 Å². The van der Waals surface area contributed by atoms with Crippen LogP contribution in [0.25, 0.3) is 22.5 Å². The second kappa shape index (κ2) is 8.96. The zero-order chi connectivity index (χ0) is 21.1. The third-order valence-corrected chi connectivity index (χ3v) is 6.30. The van der Waals surface area contributed by atoms with Gasteiger partial charge in [0.1, 0.15) is 11.4 Å². The van der Waals surface area contributed by atoms with Crippen molar-refractivity contribution in [2.45, 2.75) is 44.0 Å². The summed E-state index contributed by atoms with van der Waals surface area (Å²) in [6.45, 7) is 7.75. The fourth-order valence-corrected chi connectivity index (χ4v) is 4.38. The molecule has 0 radical (unpaired) electrons. The van der Waals surface area contributed by atoms with Crippen LogP contribution < -0.4 is 0 Å². The highest BCUT2D eigenvalue weighted by Gasteiger charge is 2.25. The average molecular weight is 419 g/mol. The van der Waals surface area contributed by atoms with Gasteiger partial charge in [-0.05, 0) is 33.6 Å². The minimum Gasteiger partial charge on any atom is -0.342 e. The molecule has 5 nitrogen and oxygen atoms in total. The van der Waals surface area contributed by atoms with Crippen LogP contribution in [0.4, 0.5) is 0 Å². The molecular formula is C24H26N4OS. The molecule has 1 saturated heterocycles. The molecule has 1 aromatic heterocycles. The maximum absolute atomic E-state index is 12.7. The van der Waals surface area contributed by atoms with E-state index in [0.29, 0.717) is 5.16 Å². The summed E-state index contributed by atoms with van der Waals surface area (Å²) in [6, 6.07) is 16.5. The van der Waals surface area contributed by atoms with Gasteiger partial charge in [0.2, 0.25) is 11.1 Å². The largest absolute Gasteiger partial charge is 0.342 e. The number of likely N-dealkylation sites (tertiary alicyclic amines) is 1. The summed E-state index contributed by atoms with van der Waals surface area (Å²) in [5.74, 6) is 0.153. The van der Waals surface area contributed by atoms with Gasteiger partial charge in [0.05, 0.1) is 5.25 Å². The molecule has 6 heteroatoms. The number of rotatable bonds is 5. The van der Waals surface area contributed by atoms with Gasteiger partial charge < -0.3 is 4.90 Å². The zero-order valence-corrected chi connectivity index (χ0v) is 18.4. The van der Waals surface area contributed by atoms with E-state index in [4.69, 9.17) is 4.98 Å². The Balaban J connectivity index is 1.67. The quantitative estimate of drug-likeness (QED) is 0.550. The third-order valence-electron chi connectivity index (χ3n) is 5.36. The number of carbonyl (C=O) groups is 1. The molecule has 1 atom stereocenters. The molecule has 3 aromatic rings. The Morgan fingerprint density at radius 2 is 1.40 bits per heavy atom. The molecule has 0 N–H and O–H groups in total. The molecule has 1 aliphatic rings. The Morgan fingerprint density at radius 3 is 1.97 bits per heavy atom. The third kappa shape index (κ3) is 4.54. The van der Waals surface area contributed by atoms with E-state index in [0.717, 1.165) is 48.4 Å².